The molecule has 0 amide bonds. The highest BCUT2D eigenvalue weighted by Gasteiger charge is 2.20. The van der Waals surface area contributed by atoms with Crippen molar-refractivity contribution in [1.82, 2.24) is 4.90 Å². The fourth-order valence-electron chi connectivity index (χ4n) is 3.03. The lowest BCUT2D eigenvalue weighted by atomic mass is 10.0. The number of nitriles is 1. The molecular weight excluding hydrogens is 289 g/mol. The molecule has 4 heteroatoms. The van der Waals surface area contributed by atoms with Crippen LogP contribution in [0.1, 0.15) is 24.0 Å². The number of hydrogen-bond acceptors (Lipinski definition) is 3. The Hall–Kier alpha value is -2.38. The Morgan fingerprint density at radius 3 is 2.57 bits per heavy atom. The van der Waals surface area contributed by atoms with E-state index in [4.69, 9.17) is 5.26 Å². The smallest absolute Gasteiger partial charge is 0.124 e. The Morgan fingerprint density at radius 1 is 1.13 bits per heavy atom. The van der Waals surface area contributed by atoms with Gasteiger partial charge < -0.3 is 5.32 Å². The van der Waals surface area contributed by atoms with E-state index in [0.29, 0.717) is 11.6 Å². The highest BCUT2D eigenvalue weighted by molar-refractivity contribution is 5.57. The van der Waals surface area contributed by atoms with Crippen molar-refractivity contribution in [3.8, 4) is 6.07 Å². The highest BCUT2D eigenvalue weighted by Crippen LogP contribution is 2.21. The molecule has 2 aromatic carbocycles. The van der Waals surface area contributed by atoms with Gasteiger partial charge in [-0.2, -0.15) is 5.26 Å². The second kappa shape index (κ2) is 7.26. The summed E-state index contributed by atoms with van der Waals surface area (Å²) >= 11 is 0. The van der Waals surface area contributed by atoms with Crippen molar-refractivity contribution >= 4 is 5.69 Å². The number of nitrogens with zero attached hydrogens (tertiary/aromatic N) is 2. The van der Waals surface area contributed by atoms with Crippen molar-refractivity contribution in [1.29, 1.82) is 5.26 Å². The quantitative estimate of drug-likeness (QED) is 0.934. The van der Waals surface area contributed by atoms with Crippen molar-refractivity contribution in [3.05, 3.63) is 65.5 Å². The van der Waals surface area contributed by atoms with Crippen LogP contribution < -0.4 is 5.32 Å². The molecule has 0 unspecified atom stereocenters. The molecule has 0 saturated carbocycles. The molecule has 0 spiro atoms. The van der Waals surface area contributed by atoms with Crippen molar-refractivity contribution in [2.45, 2.75) is 25.4 Å². The molecule has 1 saturated heterocycles. The minimum absolute atomic E-state index is 0.333. The van der Waals surface area contributed by atoms with E-state index < -0.39 is 0 Å². The predicted octanol–water partition coefficient (Wildman–Crippen LogP) is 3.77. The Balaban J connectivity index is 1.54. The third-order valence-electron chi connectivity index (χ3n) is 4.30. The summed E-state index contributed by atoms with van der Waals surface area (Å²) < 4.78 is 13.2. The molecule has 0 bridgehead atoms. The Kier molecular flexibility index (Phi) is 4.89. The number of hydrogen-bond donors (Lipinski definition) is 1. The fourth-order valence-corrected chi connectivity index (χ4v) is 3.03. The predicted molar refractivity (Wildman–Crippen MR) is 89.5 cm³/mol. The minimum Gasteiger partial charge on any atom is -0.381 e. The molecule has 3 rings (SSSR count). The van der Waals surface area contributed by atoms with Crippen molar-refractivity contribution < 1.29 is 4.39 Å². The van der Waals surface area contributed by atoms with Gasteiger partial charge >= 0.3 is 0 Å². The molecule has 2 aromatic rings. The van der Waals surface area contributed by atoms with Gasteiger partial charge in [0.25, 0.3) is 0 Å². The minimum atomic E-state index is -0.371. The lowest BCUT2D eigenvalue weighted by Crippen LogP contribution is -2.38. The van der Waals surface area contributed by atoms with E-state index in [1.807, 2.05) is 6.07 Å². The molecule has 0 atom stereocenters. The molecule has 3 nitrogen and oxygen atoms in total. The van der Waals surface area contributed by atoms with Gasteiger partial charge in [-0.1, -0.05) is 30.3 Å². The summed E-state index contributed by atoms with van der Waals surface area (Å²) in [6.45, 7) is 3.03. The van der Waals surface area contributed by atoms with Gasteiger partial charge in [0.15, 0.2) is 0 Å². The van der Waals surface area contributed by atoms with E-state index in [1.54, 1.807) is 6.07 Å². The molecule has 1 fully saturated rings. The third kappa shape index (κ3) is 4.08. The summed E-state index contributed by atoms with van der Waals surface area (Å²) in [5, 5.41) is 12.5. The lowest BCUT2D eigenvalue weighted by Gasteiger charge is -2.33. The van der Waals surface area contributed by atoms with Gasteiger partial charge in [0, 0.05) is 25.7 Å². The maximum absolute atomic E-state index is 13.2. The molecule has 0 radical (unpaired) electrons. The summed E-state index contributed by atoms with van der Waals surface area (Å²) in [7, 11) is 0. The first-order valence-electron chi connectivity index (χ1n) is 7.97. The zero-order chi connectivity index (χ0) is 16.1. The van der Waals surface area contributed by atoms with Crippen LogP contribution in [0.25, 0.3) is 0 Å². The average Bonchev–Trinajstić information content (AvgIpc) is 2.59. The van der Waals surface area contributed by atoms with Crippen LogP contribution >= 0.6 is 0 Å². The van der Waals surface area contributed by atoms with Crippen LogP contribution in [-0.2, 0) is 6.54 Å². The van der Waals surface area contributed by atoms with Crippen LogP contribution in [0.15, 0.2) is 48.5 Å². The van der Waals surface area contributed by atoms with E-state index in [2.05, 4.69) is 40.6 Å². The Bertz CT molecular complexity index is 686. The van der Waals surface area contributed by atoms with Gasteiger partial charge in [0.2, 0.25) is 0 Å². The summed E-state index contributed by atoms with van der Waals surface area (Å²) in [6.07, 6.45) is 2.05. The maximum atomic E-state index is 13.2. The van der Waals surface area contributed by atoms with Crippen molar-refractivity contribution in [2.75, 3.05) is 18.4 Å². The van der Waals surface area contributed by atoms with Crippen molar-refractivity contribution in [3.63, 3.8) is 0 Å². The van der Waals surface area contributed by atoms with Crippen LogP contribution in [-0.4, -0.2) is 24.0 Å². The monoisotopic (exact) mass is 309 g/mol. The third-order valence-corrected chi connectivity index (χ3v) is 4.30. The van der Waals surface area contributed by atoms with Crippen LogP contribution in [0.2, 0.25) is 0 Å². The number of halogens is 1. The van der Waals surface area contributed by atoms with E-state index in [9.17, 15) is 4.39 Å². The second-order valence-corrected chi connectivity index (χ2v) is 5.98. The van der Waals surface area contributed by atoms with Gasteiger partial charge in [-0.05, 0) is 36.6 Å². The second-order valence-electron chi connectivity index (χ2n) is 5.98. The summed E-state index contributed by atoms with van der Waals surface area (Å²) in [5.41, 5.74) is 2.44. The van der Waals surface area contributed by atoms with Crippen molar-refractivity contribution in [2.24, 2.45) is 0 Å². The van der Waals surface area contributed by atoms with Gasteiger partial charge in [0.05, 0.1) is 11.3 Å². The average molecular weight is 309 g/mol. The van der Waals surface area contributed by atoms with E-state index in [0.717, 1.165) is 38.2 Å². The number of nitrogens with one attached hydrogen (secondary N) is 1. The zero-order valence-electron chi connectivity index (χ0n) is 13.0. The van der Waals surface area contributed by atoms with Gasteiger partial charge in [0.1, 0.15) is 11.9 Å². The standard InChI is InChI=1S/C19H20FN3/c20-17-6-7-19(16(12-17)13-21)22-18-8-10-23(11-9-18)14-15-4-2-1-3-5-15/h1-7,12,18,22H,8-11,14H2. The lowest BCUT2D eigenvalue weighted by molar-refractivity contribution is 0.211. The first-order valence-corrected chi connectivity index (χ1v) is 7.97. The highest BCUT2D eigenvalue weighted by atomic mass is 19.1. The van der Waals surface area contributed by atoms with Crippen LogP contribution in [0.3, 0.4) is 0 Å². The van der Waals surface area contributed by atoms with Crippen LogP contribution in [0, 0.1) is 17.1 Å². The van der Waals surface area contributed by atoms with Gasteiger partial charge in [-0.15, -0.1) is 0 Å². The van der Waals surface area contributed by atoms with Crippen LogP contribution in [0.4, 0.5) is 10.1 Å². The molecule has 0 aliphatic carbocycles. The molecular formula is C19H20FN3. The topological polar surface area (TPSA) is 39.1 Å². The van der Waals surface area contributed by atoms with Crippen LogP contribution in [0.5, 0.6) is 0 Å². The number of likely N-dealkylation sites (tertiary alicyclic amines) is 1. The van der Waals surface area contributed by atoms with Gasteiger partial charge in [-0.3, -0.25) is 4.90 Å². The normalized spacial score (nSPS) is 16.0. The van der Waals surface area contributed by atoms with E-state index in [1.165, 1.54) is 17.7 Å². The first kappa shape index (κ1) is 15.5. The summed E-state index contributed by atoms with van der Waals surface area (Å²) in [6, 6.07) is 17.2. The molecule has 23 heavy (non-hydrogen) atoms. The van der Waals surface area contributed by atoms with E-state index >= 15 is 0 Å². The van der Waals surface area contributed by atoms with E-state index in [-0.39, 0.29) is 5.82 Å². The molecule has 118 valence electrons. The molecule has 0 aromatic heterocycles. The van der Waals surface area contributed by atoms with Gasteiger partial charge in [-0.25, -0.2) is 4.39 Å². The Labute approximate surface area is 136 Å². The first-order chi connectivity index (χ1) is 11.2. The number of anilines is 1. The molecule has 1 N–H and O–H groups in total. The number of rotatable bonds is 4. The molecule has 1 aliphatic heterocycles. The summed E-state index contributed by atoms with van der Waals surface area (Å²) in [5.74, 6) is -0.371. The zero-order valence-corrected chi connectivity index (χ0v) is 13.0. The SMILES string of the molecule is N#Cc1cc(F)ccc1NC1CCN(Cc2ccccc2)CC1. The largest absolute Gasteiger partial charge is 0.381 e. The Morgan fingerprint density at radius 2 is 1.87 bits per heavy atom. The molecule has 1 aliphatic rings. The molecule has 1 heterocycles. The maximum Gasteiger partial charge on any atom is 0.124 e. The number of piperidine rings is 1. The summed E-state index contributed by atoms with van der Waals surface area (Å²) in [4.78, 5) is 2.45. The fraction of sp³-hybridized carbons (Fsp3) is 0.316. The number of benzene rings is 2.